The zero-order valence-corrected chi connectivity index (χ0v) is 7.00. The van der Waals surface area contributed by atoms with Crippen LogP contribution in [0.25, 0.3) is 0 Å². The number of carbonyl (C=O) groups is 1. The van der Waals surface area contributed by atoms with Crippen LogP contribution in [0.1, 0.15) is 6.42 Å². The normalized spacial score (nSPS) is 28.5. The summed E-state index contributed by atoms with van der Waals surface area (Å²) in [6.45, 7) is 0.783. The fourth-order valence-corrected chi connectivity index (χ4v) is 1.14. The number of hydrogen-bond donors (Lipinski definition) is 2. The van der Waals surface area contributed by atoms with E-state index in [1.54, 1.807) is 0 Å². The van der Waals surface area contributed by atoms with Crippen molar-refractivity contribution in [3.05, 3.63) is 0 Å². The van der Waals surface area contributed by atoms with E-state index < -0.39 is 11.6 Å². The average Bonchev–Trinajstić information content (AvgIpc) is 2.54. The van der Waals surface area contributed by atoms with Crippen molar-refractivity contribution in [2.75, 3.05) is 26.9 Å². The Morgan fingerprint density at radius 1 is 1.83 bits per heavy atom. The molecule has 1 saturated heterocycles. The van der Waals surface area contributed by atoms with Gasteiger partial charge in [-0.3, -0.25) is 0 Å². The molecule has 2 N–H and O–H groups in total. The van der Waals surface area contributed by atoms with Gasteiger partial charge in [-0.1, -0.05) is 0 Å². The highest BCUT2D eigenvalue weighted by atomic mass is 16.5. The first-order valence-corrected chi connectivity index (χ1v) is 3.77. The second-order valence-electron chi connectivity index (χ2n) is 2.86. The van der Waals surface area contributed by atoms with Gasteiger partial charge >= 0.3 is 6.09 Å². The molecule has 1 aliphatic heterocycles. The smallest absolute Gasteiger partial charge is 0.407 e. The molecular formula is C7H13NO4. The topological polar surface area (TPSA) is 67.8 Å². The van der Waals surface area contributed by atoms with Gasteiger partial charge in [-0.2, -0.15) is 0 Å². The van der Waals surface area contributed by atoms with Crippen LogP contribution < -0.4 is 5.32 Å². The van der Waals surface area contributed by atoms with Gasteiger partial charge in [0.25, 0.3) is 0 Å². The van der Waals surface area contributed by atoms with Crippen LogP contribution in [0.2, 0.25) is 0 Å². The third-order valence-electron chi connectivity index (χ3n) is 1.96. The van der Waals surface area contributed by atoms with Crippen LogP contribution in [-0.2, 0) is 9.47 Å². The predicted molar refractivity (Wildman–Crippen MR) is 40.8 cm³/mol. The van der Waals surface area contributed by atoms with Gasteiger partial charge in [-0.15, -0.1) is 0 Å². The minimum absolute atomic E-state index is 0.123. The Morgan fingerprint density at radius 2 is 2.58 bits per heavy atom. The summed E-state index contributed by atoms with van der Waals surface area (Å²) in [5.41, 5.74) is -0.632. The number of alkyl carbamates (subject to hydrolysis) is 1. The Labute approximate surface area is 70.7 Å². The summed E-state index contributed by atoms with van der Waals surface area (Å²) in [5, 5.41) is 11.6. The van der Waals surface area contributed by atoms with Crippen LogP contribution >= 0.6 is 0 Å². The summed E-state index contributed by atoms with van der Waals surface area (Å²) in [6, 6.07) is 0. The van der Waals surface area contributed by atoms with Crippen LogP contribution in [0.15, 0.2) is 0 Å². The van der Waals surface area contributed by atoms with E-state index in [9.17, 15) is 4.79 Å². The lowest BCUT2D eigenvalue weighted by Gasteiger charge is -2.24. The molecule has 12 heavy (non-hydrogen) atoms. The second-order valence-corrected chi connectivity index (χ2v) is 2.86. The largest absolute Gasteiger partial charge is 0.453 e. The number of methoxy groups -OCH3 is 1. The van der Waals surface area contributed by atoms with Gasteiger partial charge in [-0.25, -0.2) is 4.79 Å². The van der Waals surface area contributed by atoms with Gasteiger partial charge < -0.3 is 19.9 Å². The fraction of sp³-hybridized carbons (Fsp3) is 0.857. The van der Waals surface area contributed by atoms with Crippen molar-refractivity contribution < 1.29 is 19.4 Å². The molecule has 0 aliphatic carbocycles. The number of ether oxygens (including phenoxy) is 2. The zero-order valence-electron chi connectivity index (χ0n) is 7.00. The maximum atomic E-state index is 10.8. The summed E-state index contributed by atoms with van der Waals surface area (Å²) in [7, 11) is 1.29. The Bertz CT molecular complexity index is 165. The molecule has 0 aromatic heterocycles. The van der Waals surface area contributed by atoms with Crippen molar-refractivity contribution in [3.8, 4) is 0 Å². The Hall–Kier alpha value is -0.810. The Kier molecular flexibility index (Phi) is 2.88. The monoisotopic (exact) mass is 175 g/mol. The van der Waals surface area contributed by atoms with E-state index in [0.717, 1.165) is 0 Å². The predicted octanol–water partition coefficient (Wildman–Crippen LogP) is -0.506. The molecule has 5 heteroatoms. The van der Waals surface area contributed by atoms with E-state index in [1.165, 1.54) is 7.11 Å². The van der Waals surface area contributed by atoms with E-state index in [2.05, 4.69) is 10.1 Å². The van der Waals surface area contributed by atoms with Gasteiger partial charge in [0.05, 0.1) is 25.9 Å². The van der Waals surface area contributed by atoms with Gasteiger partial charge in [0, 0.05) is 6.61 Å². The second kappa shape index (κ2) is 3.73. The molecule has 0 radical (unpaired) electrons. The summed E-state index contributed by atoms with van der Waals surface area (Å²) >= 11 is 0. The molecule has 1 aliphatic rings. The molecule has 0 saturated carbocycles. The quantitative estimate of drug-likeness (QED) is 0.593. The highest BCUT2D eigenvalue weighted by Gasteiger charge is 2.36. The average molecular weight is 175 g/mol. The SMILES string of the molecule is COC(=O)NC1(CO)CCOC1. The fourth-order valence-electron chi connectivity index (χ4n) is 1.14. The number of aliphatic hydroxyl groups excluding tert-OH is 1. The highest BCUT2D eigenvalue weighted by Crippen LogP contribution is 2.17. The molecule has 1 rings (SSSR count). The molecule has 0 aromatic carbocycles. The maximum Gasteiger partial charge on any atom is 0.407 e. The van der Waals surface area contributed by atoms with Crippen molar-refractivity contribution in [3.63, 3.8) is 0 Å². The summed E-state index contributed by atoms with van der Waals surface area (Å²) in [6.07, 6.45) is 0.0908. The number of nitrogens with one attached hydrogen (secondary N) is 1. The lowest BCUT2D eigenvalue weighted by Crippen LogP contribution is -2.51. The van der Waals surface area contributed by atoms with Gasteiger partial charge in [-0.05, 0) is 6.42 Å². The lowest BCUT2D eigenvalue weighted by atomic mass is 10.0. The number of rotatable bonds is 2. The van der Waals surface area contributed by atoms with Crippen molar-refractivity contribution in [2.24, 2.45) is 0 Å². The van der Waals surface area contributed by atoms with Crippen LogP contribution in [0.5, 0.6) is 0 Å². The zero-order chi connectivity index (χ0) is 9.03. The molecule has 1 heterocycles. The van der Waals surface area contributed by atoms with Crippen molar-refractivity contribution >= 4 is 6.09 Å². The molecule has 0 bridgehead atoms. The number of carbonyl (C=O) groups excluding carboxylic acids is 1. The molecule has 1 fully saturated rings. The molecule has 0 aromatic rings. The Morgan fingerprint density at radius 3 is 3.00 bits per heavy atom. The third kappa shape index (κ3) is 1.86. The van der Waals surface area contributed by atoms with Crippen molar-refractivity contribution in [1.29, 1.82) is 0 Å². The summed E-state index contributed by atoms with van der Waals surface area (Å²) in [4.78, 5) is 10.8. The highest BCUT2D eigenvalue weighted by molar-refractivity contribution is 5.68. The lowest BCUT2D eigenvalue weighted by molar-refractivity contribution is 0.106. The van der Waals surface area contributed by atoms with E-state index in [0.29, 0.717) is 19.6 Å². The molecule has 1 amide bonds. The summed E-state index contributed by atoms with van der Waals surface area (Å²) in [5.74, 6) is 0. The minimum Gasteiger partial charge on any atom is -0.453 e. The standard InChI is InChI=1S/C7H13NO4/c1-11-6(10)8-7(4-9)2-3-12-5-7/h9H,2-5H2,1H3,(H,8,10). The first-order valence-electron chi connectivity index (χ1n) is 3.77. The van der Waals surface area contributed by atoms with Gasteiger partial charge in [0.1, 0.15) is 0 Å². The molecule has 5 nitrogen and oxygen atoms in total. The van der Waals surface area contributed by atoms with Gasteiger partial charge in [0.2, 0.25) is 0 Å². The van der Waals surface area contributed by atoms with Crippen molar-refractivity contribution in [2.45, 2.75) is 12.0 Å². The molecule has 1 atom stereocenters. The van der Waals surface area contributed by atoms with Gasteiger partial charge in [0.15, 0.2) is 0 Å². The molecular weight excluding hydrogens is 162 g/mol. The number of amides is 1. The van der Waals surface area contributed by atoms with E-state index in [4.69, 9.17) is 9.84 Å². The maximum absolute atomic E-state index is 10.8. The molecule has 70 valence electrons. The van der Waals surface area contributed by atoms with E-state index in [1.807, 2.05) is 0 Å². The van der Waals surface area contributed by atoms with Crippen LogP contribution in [0.4, 0.5) is 4.79 Å². The first kappa shape index (κ1) is 9.28. The van der Waals surface area contributed by atoms with Crippen LogP contribution in [0.3, 0.4) is 0 Å². The first-order chi connectivity index (χ1) is 5.72. The van der Waals surface area contributed by atoms with E-state index in [-0.39, 0.29) is 6.61 Å². The molecule has 1 unspecified atom stereocenters. The molecule has 0 spiro atoms. The van der Waals surface area contributed by atoms with E-state index >= 15 is 0 Å². The Balaban J connectivity index is 2.49. The van der Waals surface area contributed by atoms with Crippen LogP contribution in [0, 0.1) is 0 Å². The summed E-state index contributed by atoms with van der Waals surface area (Å²) < 4.78 is 9.49. The number of aliphatic hydroxyl groups is 1. The minimum atomic E-state index is -0.632. The van der Waals surface area contributed by atoms with Crippen molar-refractivity contribution in [1.82, 2.24) is 5.32 Å². The van der Waals surface area contributed by atoms with Crippen LogP contribution in [-0.4, -0.2) is 43.7 Å². The third-order valence-corrected chi connectivity index (χ3v) is 1.96. The number of hydrogen-bond acceptors (Lipinski definition) is 4.